The molecule has 15 heavy (non-hydrogen) atoms. The van der Waals surface area contributed by atoms with Crippen molar-refractivity contribution in [3.8, 4) is 0 Å². The standard InChI is InChI=1S/C12H20O3/c1-9(2)12(14)15-8-7-10-3-5-11(13)6-4-10/h10-11,13H,1,3-8H2,2H3. The zero-order valence-electron chi connectivity index (χ0n) is 9.37. The predicted molar refractivity (Wildman–Crippen MR) is 58.4 cm³/mol. The van der Waals surface area contributed by atoms with Gasteiger partial charge in [-0.25, -0.2) is 4.79 Å². The average molecular weight is 212 g/mol. The van der Waals surface area contributed by atoms with Crippen molar-refractivity contribution in [3.05, 3.63) is 12.2 Å². The van der Waals surface area contributed by atoms with Crippen molar-refractivity contribution >= 4 is 5.97 Å². The maximum absolute atomic E-state index is 11.1. The Morgan fingerprint density at radius 1 is 1.40 bits per heavy atom. The van der Waals surface area contributed by atoms with Crippen LogP contribution in [0, 0.1) is 5.92 Å². The number of hydrogen-bond donors (Lipinski definition) is 1. The molecule has 0 aromatic heterocycles. The summed E-state index contributed by atoms with van der Waals surface area (Å²) in [6, 6.07) is 0. The highest BCUT2D eigenvalue weighted by Crippen LogP contribution is 2.26. The second-order valence-electron chi connectivity index (χ2n) is 4.38. The van der Waals surface area contributed by atoms with Crippen LogP contribution in [0.1, 0.15) is 39.0 Å². The summed E-state index contributed by atoms with van der Waals surface area (Å²) < 4.78 is 5.03. The molecule has 0 atom stereocenters. The fraction of sp³-hybridized carbons (Fsp3) is 0.750. The molecule has 0 unspecified atom stereocenters. The van der Waals surface area contributed by atoms with Crippen molar-refractivity contribution in [1.82, 2.24) is 0 Å². The van der Waals surface area contributed by atoms with Crippen LogP contribution in [-0.2, 0) is 9.53 Å². The Balaban J connectivity index is 2.10. The van der Waals surface area contributed by atoms with Crippen molar-refractivity contribution in [2.75, 3.05) is 6.61 Å². The highest BCUT2D eigenvalue weighted by Gasteiger charge is 2.19. The lowest BCUT2D eigenvalue weighted by molar-refractivity contribution is -0.139. The molecule has 1 N–H and O–H groups in total. The van der Waals surface area contributed by atoms with Gasteiger partial charge in [-0.2, -0.15) is 0 Å². The van der Waals surface area contributed by atoms with E-state index in [1.807, 2.05) is 0 Å². The quantitative estimate of drug-likeness (QED) is 0.573. The highest BCUT2D eigenvalue weighted by atomic mass is 16.5. The molecule has 0 heterocycles. The van der Waals surface area contributed by atoms with E-state index in [2.05, 4.69) is 6.58 Å². The fourth-order valence-corrected chi connectivity index (χ4v) is 1.88. The van der Waals surface area contributed by atoms with Gasteiger partial charge in [-0.15, -0.1) is 0 Å². The van der Waals surface area contributed by atoms with E-state index in [1.165, 1.54) is 0 Å². The van der Waals surface area contributed by atoms with Crippen molar-refractivity contribution in [2.45, 2.75) is 45.1 Å². The molecular formula is C12H20O3. The van der Waals surface area contributed by atoms with Crippen LogP contribution in [0.5, 0.6) is 0 Å². The molecule has 1 rings (SSSR count). The van der Waals surface area contributed by atoms with Gasteiger partial charge >= 0.3 is 5.97 Å². The molecular weight excluding hydrogens is 192 g/mol. The van der Waals surface area contributed by atoms with Crippen molar-refractivity contribution in [3.63, 3.8) is 0 Å². The van der Waals surface area contributed by atoms with Crippen molar-refractivity contribution in [2.24, 2.45) is 5.92 Å². The summed E-state index contributed by atoms with van der Waals surface area (Å²) in [6.45, 7) is 5.65. The summed E-state index contributed by atoms with van der Waals surface area (Å²) >= 11 is 0. The molecule has 3 nitrogen and oxygen atoms in total. The van der Waals surface area contributed by atoms with E-state index in [9.17, 15) is 9.90 Å². The smallest absolute Gasteiger partial charge is 0.333 e. The van der Waals surface area contributed by atoms with Gasteiger partial charge in [-0.1, -0.05) is 6.58 Å². The Morgan fingerprint density at radius 2 is 2.00 bits per heavy atom. The van der Waals surface area contributed by atoms with E-state index in [0.29, 0.717) is 18.1 Å². The van der Waals surface area contributed by atoms with Gasteiger partial charge in [0.2, 0.25) is 0 Å². The van der Waals surface area contributed by atoms with E-state index in [4.69, 9.17) is 4.74 Å². The summed E-state index contributed by atoms with van der Waals surface area (Å²) in [5.41, 5.74) is 0.453. The molecule has 0 aromatic rings. The van der Waals surface area contributed by atoms with Gasteiger partial charge in [0.1, 0.15) is 0 Å². The van der Waals surface area contributed by atoms with Crippen LogP contribution >= 0.6 is 0 Å². The molecule has 0 amide bonds. The van der Waals surface area contributed by atoms with Gasteiger partial charge in [0, 0.05) is 5.57 Å². The number of hydrogen-bond acceptors (Lipinski definition) is 3. The van der Waals surface area contributed by atoms with E-state index in [0.717, 1.165) is 32.1 Å². The molecule has 0 radical (unpaired) electrons. The first-order valence-electron chi connectivity index (χ1n) is 5.60. The first-order chi connectivity index (χ1) is 7.09. The lowest BCUT2D eigenvalue weighted by atomic mass is 9.86. The molecule has 1 fully saturated rings. The summed E-state index contributed by atoms with van der Waals surface area (Å²) in [4.78, 5) is 11.1. The second-order valence-corrected chi connectivity index (χ2v) is 4.38. The molecule has 0 spiro atoms. The monoisotopic (exact) mass is 212 g/mol. The minimum Gasteiger partial charge on any atom is -0.462 e. The third kappa shape index (κ3) is 4.47. The molecule has 0 saturated heterocycles. The van der Waals surface area contributed by atoms with Crippen LogP contribution in [0.4, 0.5) is 0 Å². The maximum atomic E-state index is 11.1. The number of carbonyl (C=O) groups excluding carboxylic acids is 1. The molecule has 0 aromatic carbocycles. The lowest BCUT2D eigenvalue weighted by Crippen LogP contribution is -2.19. The predicted octanol–water partition coefficient (Wildman–Crippen LogP) is 2.05. The average Bonchev–Trinajstić information content (AvgIpc) is 2.20. The van der Waals surface area contributed by atoms with Crippen LogP contribution in [-0.4, -0.2) is 23.8 Å². The van der Waals surface area contributed by atoms with Gasteiger partial charge in [0.05, 0.1) is 12.7 Å². The number of aliphatic hydroxyl groups is 1. The molecule has 0 bridgehead atoms. The van der Waals surface area contributed by atoms with Crippen molar-refractivity contribution in [1.29, 1.82) is 0 Å². The van der Waals surface area contributed by atoms with E-state index < -0.39 is 0 Å². The first-order valence-corrected chi connectivity index (χ1v) is 5.60. The Morgan fingerprint density at radius 3 is 2.53 bits per heavy atom. The Kier molecular flexibility index (Phi) is 4.82. The summed E-state index contributed by atoms with van der Waals surface area (Å²) in [5, 5.41) is 9.32. The third-order valence-corrected chi connectivity index (χ3v) is 2.92. The second kappa shape index (κ2) is 5.91. The van der Waals surface area contributed by atoms with E-state index in [-0.39, 0.29) is 12.1 Å². The summed E-state index contributed by atoms with van der Waals surface area (Å²) in [5.74, 6) is 0.303. The van der Waals surface area contributed by atoms with Crippen LogP contribution in [0.25, 0.3) is 0 Å². The largest absolute Gasteiger partial charge is 0.462 e. The van der Waals surface area contributed by atoms with Gasteiger partial charge in [0.25, 0.3) is 0 Å². The Hall–Kier alpha value is -0.830. The number of aliphatic hydroxyl groups excluding tert-OH is 1. The maximum Gasteiger partial charge on any atom is 0.333 e. The van der Waals surface area contributed by atoms with Gasteiger partial charge in [0.15, 0.2) is 0 Å². The van der Waals surface area contributed by atoms with Crippen molar-refractivity contribution < 1.29 is 14.6 Å². The van der Waals surface area contributed by atoms with Crippen LogP contribution in [0.15, 0.2) is 12.2 Å². The fourth-order valence-electron chi connectivity index (χ4n) is 1.88. The van der Waals surface area contributed by atoms with Crippen LogP contribution in [0.3, 0.4) is 0 Å². The van der Waals surface area contributed by atoms with Gasteiger partial charge in [-0.05, 0) is 44.9 Å². The first kappa shape index (κ1) is 12.2. The number of carbonyl (C=O) groups is 1. The minimum atomic E-state index is -0.300. The molecule has 0 aliphatic heterocycles. The SMILES string of the molecule is C=C(C)C(=O)OCCC1CCC(O)CC1. The summed E-state index contributed by atoms with van der Waals surface area (Å²) in [6.07, 6.45) is 4.67. The van der Waals surface area contributed by atoms with E-state index >= 15 is 0 Å². The lowest BCUT2D eigenvalue weighted by Gasteiger charge is -2.24. The van der Waals surface area contributed by atoms with Crippen LogP contribution in [0.2, 0.25) is 0 Å². The molecule has 1 aliphatic rings. The normalized spacial score (nSPS) is 26.0. The zero-order chi connectivity index (χ0) is 11.3. The molecule has 1 aliphatic carbocycles. The number of ether oxygens (including phenoxy) is 1. The van der Waals surface area contributed by atoms with Crippen LogP contribution < -0.4 is 0 Å². The van der Waals surface area contributed by atoms with E-state index in [1.54, 1.807) is 6.92 Å². The highest BCUT2D eigenvalue weighted by molar-refractivity contribution is 5.86. The molecule has 3 heteroatoms. The van der Waals surface area contributed by atoms with Gasteiger partial charge in [-0.3, -0.25) is 0 Å². The molecule has 1 saturated carbocycles. The minimum absolute atomic E-state index is 0.112. The number of esters is 1. The Labute approximate surface area is 91.1 Å². The van der Waals surface area contributed by atoms with Gasteiger partial charge < -0.3 is 9.84 Å². The summed E-state index contributed by atoms with van der Waals surface area (Å²) in [7, 11) is 0. The zero-order valence-corrected chi connectivity index (χ0v) is 9.37. The third-order valence-electron chi connectivity index (χ3n) is 2.92. The molecule has 86 valence electrons. The Bertz CT molecular complexity index is 227. The number of rotatable bonds is 4. The topological polar surface area (TPSA) is 46.5 Å².